The summed E-state index contributed by atoms with van der Waals surface area (Å²) in [5, 5.41) is 2.28. The average molecular weight is 253 g/mol. The number of hydrogen-bond donors (Lipinski definition) is 0. The second-order valence-electron chi connectivity index (χ2n) is 6.59. The number of hydrogen-bond acceptors (Lipinski definition) is 4. The molecule has 1 saturated carbocycles. The van der Waals surface area contributed by atoms with Crippen molar-refractivity contribution in [1.29, 1.82) is 0 Å². The van der Waals surface area contributed by atoms with Crippen LogP contribution in [0.1, 0.15) is 39.5 Å². The first kappa shape index (κ1) is 11.6. The standard InChI is InChI=1S/C14H23NO3/c1-10-3-5-14(13(2)16-7-8-17-13)6-4-11-9-18-15(10)12(11)14/h10-12H,3-9H2,1-2H3/t10-,11-,12+,14+/m0/s1. The second kappa shape index (κ2) is 3.69. The summed E-state index contributed by atoms with van der Waals surface area (Å²) >= 11 is 0. The van der Waals surface area contributed by atoms with Crippen molar-refractivity contribution in [2.75, 3.05) is 19.8 Å². The Labute approximate surface area is 109 Å². The SMILES string of the molecule is C[C@H]1CC[C@@]2(C3(C)OCCO3)CC[C@H]3CON1[C@H]32. The van der Waals surface area contributed by atoms with Gasteiger partial charge in [0.25, 0.3) is 0 Å². The monoisotopic (exact) mass is 253 g/mol. The summed E-state index contributed by atoms with van der Waals surface area (Å²) in [4.78, 5) is 5.95. The highest BCUT2D eigenvalue weighted by Gasteiger charge is 2.67. The van der Waals surface area contributed by atoms with E-state index in [2.05, 4.69) is 18.9 Å². The molecule has 18 heavy (non-hydrogen) atoms. The summed E-state index contributed by atoms with van der Waals surface area (Å²) in [5.41, 5.74) is 0.150. The average Bonchev–Trinajstić information content (AvgIpc) is 3.03. The molecule has 3 aliphatic heterocycles. The summed E-state index contributed by atoms with van der Waals surface area (Å²) in [6, 6.07) is 1.04. The Balaban J connectivity index is 1.75. The molecule has 0 aromatic rings. The summed E-state index contributed by atoms with van der Waals surface area (Å²) in [6.45, 7) is 6.82. The highest BCUT2D eigenvalue weighted by Crippen LogP contribution is 2.61. The van der Waals surface area contributed by atoms with Gasteiger partial charge in [0.1, 0.15) is 0 Å². The molecular formula is C14H23NO3. The van der Waals surface area contributed by atoms with E-state index in [-0.39, 0.29) is 5.41 Å². The summed E-state index contributed by atoms with van der Waals surface area (Å²) in [5.74, 6) is 0.288. The highest BCUT2D eigenvalue weighted by atomic mass is 16.7. The molecule has 4 nitrogen and oxygen atoms in total. The minimum Gasteiger partial charge on any atom is -0.347 e. The van der Waals surface area contributed by atoms with Gasteiger partial charge in [0, 0.05) is 17.4 Å². The van der Waals surface area contributed by atoms with Crippen LogP contribution in [0.4, 0.5) is 0 Å². The molecule has 0 unspecified atom stereocenters. The highest BCUT2D eigenvalue weighted by molar-refractivity contribution is 5.12. The van der Waals surface area contributed by atoms with Crippen molar-refractivity contribution >= 4 is 0 Å². The molecule has 0 bridgehead atoms. The summed E-state index contributed by atoms with van der Waals surface area (Å²) in [7, 11) is 0. The van der Waals surface area contributed by atoms with Gasteiger partial charge in [-0.05, 0) is 39.5 Å². The third kappa shape index (κ3) is 1.25. The van der Waals surface area contributed by atoms with Crippen molar-refractivity contribution in [3.8, 4) is 0 Å². The zero-order chi connectivity index (χ0) is 12.4. The Morgan fingerprint density at radius 3 is 2.61 bits per heavy atom. The molecule has 0 aromatic carbocycles. The fourth-order valence-corrected chi connectivity index (χ4v) is 4.88. The molecule has 3 saturated heterocycles. The van der Waals surface area contributed by atoms with Gasteiger partial charge in [0.15, 0.2) is 5.79 Å². The van der Waals surface area contributed by atoms with Gasteiger partial charge in [-0.2, -0.15) is 5.06 Å². The van der Waals surface area contributed by atoms with Gasteiger partial charge in [-0.15, -0.1) is 0 Å². The van der Waals surface area contributed by atoms with Gasteiger partial charge in [0.05, 0.1) is 25.9 Å². The van der Waals surface area contributed by atoms with Crippen molar-refractivity contribution in [3.63, 3.8) is 0 Å². The van der Waals surface area contributed by atoms with Gasteiger partial charge in [0.2, 0.25) is 0 Å². The largest absolute Gasteiger partial charge is 0.347 e. The van der Waals surface area contributed by atoms with Crippen LogP contribution in [0.2, 0.25) is 0 Å². The molecule has 4 rings (SSSR count). The lowest BCUT2D eigenvalue weighted by Crippen LogP contribution is -2.61. The van der Waals surface area contributed by atoms with Crippen molar-refractivity contribution in [1.82, 2.24) is 5.06 Å². The number of rotatable bonds is 1. The van der Waals surface area contributed by atoms with Gasteiger partial charge < -0.3 is 9.47 Å². The predicted molar refractivity (Wildman–Crippen MR) is 65.7 cm³/mol. The Kier molecular flexibility index (Phi) is 2.39. The summed E-state index contributed by atoms with van der Waals surface area (Å²) < 4.78 is 12.1. The van der Waals surface area contributed by atoms with E-state index in [0.29, 0.717) is 18.0 Å². The number of nitrogens with zero attached hydrogens (tertiary/aromatic N) is 1. The lowest BCUT2D eigenvalue weighted by atomic mass is 9.67. The third-order valence-electron chi connectivity index (χ3n) is 5.87. The molecule has 4 fully saturated rings. The molecule has 102 valence electrons. The minimum absolute atomic E-state index is 0.150. The van der Waals surface area contributed by atoms with E-state index < -0.39 is 5.79 Å². The topological polar surface area (TPSA) is 30.9 Å². The van der Waals surface area contributed by atoms with Crippen LogP contribution < -0.4 is 0 Å². The fourth-order valence-electron chi connectivity index (χ4n) is 4.88. The minimum atomic E-state index is -0.390. The number of hydroxylamine groups is 2. The normalized spacial score (nSPS) is 50.7. The summed E-state index contributed by atoms with van der Waals surface area (Å²) in [6.07, 6.45) is 4.89. The van der Waals surface area contributed by atoms with Gasteiger partial charge >= 0.3 is 0 Å². The molecule has 4 heteroatoms. The molecule has 0 spiro atoms. The Morgan fingerprint density at radius 2 is 1.83 bits per heavy atom. The maximum atomic E-state index is 6.04. The number of ether oxygens (including phenoxy) is 2. The third-order valence-corrected chi connectivity index (χ3v) is 5.87. The quantitative estimate of drug-likeness (QED) is 0.714. The van der Waals surface area contributed by atoms with Crippen molar-refractivity contribution < 1.29 is 14.3 Å². The maximum Gasteiger partial charge on any atom is 0.172 e. The zero-order valence-electron chi connectivity index (χ0n) is 11.4. The fraction of sp³-hybridized carbons (Fsp3) is 1.00. The van der Waals surface area contributed by atoms with Gasteiger partial charge in [-0.1, -0.05) is 0 Å². The van der Waals surface area contributed by atoms with Crippen molar-refractivity contribution in [2.45, 2.75) is 57.4 Å². The van der Waals surface area contributed by atoms with Crippen LogP contribution >= 0.6 is 0 Å². The van der Waals surface area contributed by atoms with E-state index in [4.69, 9.17) is 14.3 Å². The lowest BCUT2D eigenvalue weighted by molar-refractivity contribution is -0.287. The smallest absolute Gasteiger partial charge is 0.172 e. The molecule has 0 amide bonds. The van der Waals surface area contributed by atoms with Crippen LogP contribution in [0.3, 0.4) is 0 Å². The van der Waals surface area contributed by atoms with E-state index in [0.717, 1.165) is 19.8 Å². The van der Waals surface area contributed by atoms with E-state index in [9.17, 15) is 0 Å². The Morgan fingerprint density at radius 1 is 1.11 bits per heavy atom. The second-order valence-corrected chi connectivity index (χ2v) is 6.59. The van der Waals surface area contributed by atoms with E-state index >= 15 is 0 Å². The van der Waals surface area contributed by atoms with Gasteiger partial charge in [-0.3, -0.25) is 4.84 Å². The van der Waals surface area contributed by atoms with E-state index in [1.807, 2.05) is 0 Å². The molecule has 1 aliphatic carbocycles. The van der Waals surface area contributed by atoms with Crippen LogP contribution in [0, 0.1) is 11.3 Å². The first-order valence-corrected chi connectivity index (χ1v) is 7.35. The molecule has 0 N–H and O–H groups in total. The van der Waals surface area contributed by atoms with Crippen molar-refractivity contribution in [2.24, 2.45) is 11.3 Å². The molecule has 4 atom stereocenters. The zero-order valence-corrected chi connectivity index (χ0v) is 11.4. The van der Waals surface area contributed by atoms with Crippen LogP contribution in [0.5, 0.6) is 0 Å². The predicted octanol–water partition coefficient (Wildman–Crippen LogP) is 1.94. The van der Waals surface area contributed by atoms with Crippen molar-refractivity contribution in [3.05, 3.63) is 0 Å². The lowest BCUT2D eigenvalue weighted by Gasteiger charge is -2.52. The van der Waals surface area contributed by atoms with Crippen LogP contribution in [-0.2, 0) is 14.3 Å². The first-order chi connectivity index (χ1) is 8.66. The maximum absolute atomic E-state index is 6.04. The molecule has 4 aliphatic rings. The number of piperidine rings is 1. The first-order valence-electron chi connectivity index (χ1n) is 7.35. The molecule has 0 radical (unpaired) electrons. The van der Waals surface area contributed by atoms with Crippen LogP contribution in [0.25, 0.3) is 0 Å². The van der Waals surface area contributed by atoms with E-state index in [1.54, 1.807) is 0 Å². The molecular weight excluding hydrogens is 230 g/mol. The molecule has 0 aromatic heterocycles. The van der Waals surface area contributed by atoms with Crippen LogP contribution in [0.15, 0.2) is 0 Å². The Hall–Kier alpha value is -0.160. The van der Waals surface area contributed by atoms with Gasteiger partial charge in [-0.25, -0.2) is 0 Å². The Bertz CT molecular complexity index is 355. The van der Waals surface area contributed by atoms with E-state index in [1.165, 1.54) is 25.7 Å². The van der Waals surface area contributed by atoms with Crippen LogP contribution in [-0.4, -0.2) is 42.8 Å². The molecule has 3 heterocycles.